The molecule has 17 heavy (non-hydrogen) atoms. The van der Waals surface area contributed by atoms with E-state index in [4.69, 9.17) is 0 Å². The van der Waals surface area contributed by atoms with Crippen molar-refractivity contribution in [1.29, 1.82) is 0 Å². The van der Waals surface area contributed by atoms with E-state index in [0.717, 1.165) is 25.8 Å². The number of carbonyl (C=O) groups excluding carboxylic acids is 2. The van der Waals surface area contributed by atoms with Crippen molar-refractivity contribution < 1.29 is 9.59 Å². The average molecular weight is 264 g/mol. The molecule has 1 heterocycles. The maximum absolute atomic E-state index is 11.9. The van der Waals surface area contributed by atoms with Crippen molar-refractivity contribution in [2.45, 2.75) is 31.7 Å². The second kappa shape index (κ2) is 8.31. The van der Waals surface area contributed by atoms with Crippen molar-refractivity contribution in [3.8, 4) is 0 Å². The first-order chi connectivity index (χ1) is 7.65. The number of hydrogen-bond donors (Lipinski definition) is 2. The minimum atomic E-state index is -0.0524. The van der Waals surface area contributed by atoms with Crippen LogP contribution >= 0.6 is 12.4 Å². The second-order valence-electron chi connectivity index (χ2n) is 4.19. The quantitative estimate of drug-likeness (QED) is 0.759. The van der Waals surface area contributed by atoms with Gasteiger partial charge in [-0.25, -0.2) is 0 Å². The Morgan fingerprint density at radius 2 is 2.12 bits per heavy atom. The summed E-state index contributed by atoms with van der Waals surface area (Å²) in [7, 11) is 3.36. The molecule has 0 unspecified atom stereocenters. The Hall–Kier alpha value is -0.810. The third kappa shape index (κ3) is 5.37. The van der Waals surface area contributed by atoms with Crippen LogP contribution in [0.4, 0.5) is 0 Å². The summed E-state index contributed by atoms with van der Waals surface area (Å²) in [5.74, 6) is 0.0693. The van der Waals surface area contributed by atoms with E-state index in [9.17, 15) is 9.59 Å². The van der Waals surface area contributed by atoms with Crippen LogP contribution in [0.15, 0.2) is 0 Å². The SMILES string of the molecule is CNC(=O)CCN(C)C(=O)[C@@H]1CCCCN1.Cl. The van der Waals surface area contributed by atoms with E-state index in [0.29, 0.717) is 13.0 Å². The monoisotopic (exact) mass is 263 g/mol. The highest BCUT2D eigenvalue weighted by Gasteiger charge is 2.23. The minimum absolute atomic E-state index is 0. The smallest absolute Gasteiger partial charge is 0.239 e. The first-order valence-electron chi connectivity index (χ1n) is 5.84. The molecule has 0 spiro atoms. The topological polar surface area (TPSA) is 61.4 Å². The largest absolute Gasteiger partial charge is 0.359 e. The van der Waals surface area contributed by atoms with Gasteiger partial charge in [0.1, 0.15) is 0 Å². The van der Waals surface area contributed by atoms with Gasteiger partial charge in [0.2, 0.25) is 11.8 Å². The van der Waals surface area contributed by atoms with Crippen LogP contribution in [0.1, 0.15) is 25.7 Å². The molecule has 0 bridgehead atoms. The van der Waals surface area contributed by atoms with Crippen molar-refractivity contribution >= 4 is 24.2 Å². The molecule has 0 aliphatic carbocycles. The molecule has 6 heteroatoms. The van der Waals surface area contributed by atoms with E-state index in [-0.39, 0.29) is 30.3 Å². The minimum Gasteiger partial charge on any atom is -0.359 e. The predicted octanol–water partition coefficient (Wildman–Crippen LogP) is 0.145. The van der Waals surface area contributed by atoms with Crippen LogP contribution < -0.4 is 10.6 Å². The highest BCUT2D eigenvalue weighted by Crippen LogP contribution is 2.09. The lowest BCUT2D eigenvalue weighted by atomic mass is 10.0. The molecule has 0 aromatic carbocycles. The van der Waals surface area contributed by atoms with Crippen molar-refractivity contribution in [3.63, 3.8) is 0 Å². The summed E-state index contributed by atoms with van der Waals surface area (Å²) >= 11 is 0. The average Bonchev–Trinajstić information content (AvgIpc) is 2.35. The molecular formula is C11H22ClN3O2. The maximum atomic E-state index is 11.9. The van der Waals surface area contributed by atoms with E-state index in [1.807, 2.05) is 0 Å². The van der Waals surface area contributed by atoms with Gasteiger partial charge in [-0.1, -0.05) is 6.42 Å². The van der Waals surface area contributed by atoms with Gasteiger partial charge in [0.25, 0.3) is 0 Å². The highest BCUT2D eigenvalue weighted by atomic mass is 35.5. The van der Waals surface area contributed by atoms with E-state index in [2.05, 4.69) is 10.6 Å². The predicted molar refractivity (Wildman–Crippen MR) is 69.2 cm³/mol. The van der Waals surface area contributed by atoms with Crippen molar-refractivity contribution in [2.75, 3.05) is 27.2 Å². The summed E-state index contributed by atoms with van der Waals surface area (Å²) in [4.78, 5) is 24.6. The molecule has 1 saturated heterocycles. The zero-order chi connectivity index (χ0) is 12.0. The third-order valence-corrected chi connectivity index (χ3v) is 2.94. The summed E-state index contributed by atoms with van der Waals surface area (Å²) in [6.07, 6.45) is 3.52. The molecule has 0 aromatic heterocycles. The molecular weight excluding hydrogens is 242 g/mol. The molecule has 0 saturated carbocycles. The fourth-order valence-electron chi connectivity index (χ4n) is 1.83. The number of rotatable bonds is 4. The zero-order valence-electron chi connectivity index (χ0n) is 10.5. The van der Waals surface area contributed by atoms with Crippen LogP contribution in [0.25, 0.3) is 0 Å². The molecule has 0 aromatic rings. The number of nitrogens with zero attached hydrogens (tertiary/aromatic N) is 1. The van der Waals surface area contributed by atoms with Crippen molar-refractivity contribution in [3.05, 3.63) is 0 Å². The van der Waals surface area contributed by atoms with Gasteiger partial charge in [0.05, 0.1) is 6.04 Å². The van der Waals surface area contributed by atoms with Crippen LogP contribution in [0.3, 0.4) is 0 Å². The molecule has 100 valence electrons. The Labute approximate surface area is 109 Å². The van der Waals surface area contributed by atoms with E-state index >= 15 is 0 Å². The molecule has 1 fully saturated rings. The van der Waals surface area contributed by atoms with Crippen molar-refractivity contribution in [2.24, 2.45) is 0 Å². The van der Waals surface area contributed by atoms with E-state index in [1.54, 1.807) is 19.0 Å². The van der Waals surface area contributed by atoms with Gasteiger partial charge < -0.3 is 15.5 Å². The van der Waals surface area contributed by atoms with Crippen molar-refractivity contribution in [1.82, 2.24) is 15.5 Å². The summed E-state index contributed by atoms with van der Waals surface area (Å²) in [5, 5.41) is 5.76. The fraction of sp³-hybridized carbons (Fsp3) is 0.818. The standard InChI is InChI=1S/C11H21N3O2.ClH/c1-12-10(15)6-8-14(2)11(16)9-5-3-4-7-13-9;/h9,13H,3-8H2,1-2H3,(H,12,15);1H/t9-;/m0./s1. The number of piperidine rings is 1. The number of hydrogen-bond acceptors (Lipinski definition) is 3. The Morgan fingerprint density at radius 3 is 2.65 bits per heavy atom. The summed E-state index contributed by atoms with van der Waals surface area (Å²) in [6, 6.07) is -0.0524. The Morgan fingerprint density at radius 1 is 1.41 bits per heavy atom. The van der Waals surface area contributed by atoms with E-state index in [1.165, 1.54) is 0 Å². The van der Waals surface area contributed by atoms with Gasteiger partial charge in [-0.2, -0.15) is 0 Å². The van der Waals surface area contributed by atoms with Crippen LogP contribution in [0.5, 0.6) is 0 Å². The number of likely N-dealkylation sites (N-methyl/N-ethyl adjacent to an activating group) is 1. The Kier molecular flexibility index (Phi) is 7.91. The zero-order valence-corrected chi connectivity index (χ0v) is 11.3. The van der Waals surface area contributed by atoms with Crippen LogP contribution in [0, 0.1) is 0 Å². The van der Waals surface area contributed by atoms with Gasteiger partial charge in [-0.15, -0.1) is 12.4 Å². The Bertz CT molecular complexity index is 255. The first kappa shape index (κ1) is 16.2. The van der Waals surface area contributed by atoms with Gasteiger partial charge >= 0.3 is 0 Å². The molecule has 1 atom stereocenters. The van der Waals surface area contributed by atoms with E-state index < -0.39 is 0 Å². The fourth-order valence-corrected chi connectivity index (χ4v) is 1.83. The normalized spacial score (nSPS) is 19.1. The van der Waals surface area contributed by atoms with Gasteiger partial charge in [0.15, 0.2) is 0 Å². The highest BCUT2D eigenvalue weighted by molar-refractivity contribution is 5.85. The summed E-state index contributed by atoms with van der Waals surface area (Å²) < 4.78 is 0. The molecule has 1 rings (SSSR count). The van der Waals surface area contributed by atoms with Gasteiger partial charge in [-0.3, -0.25) is 9.59 Å². The van der Waals surface area contributed by atoms with Gasteiger partial charge in [-0.05, 0) is 19.4 Å². The molecule has 0 radical (unpaired) electrons. The maximum Gasteiger partial charge on any atom is 0.239 e. The summed E-state index contributed by atoms with van der Waals surface area (Å²) in [6.45, 7) is 1.40. The lowest BCUT2D eigenvalue weighted by Crippen LogP contribution is -2.47. The molecule has 2 N–H and O–H groups in total. The molecule has 1 aliphatic heterocycles. The third-order valence-electron chi connectivity index (χ3n) is 2.94. The lowest BCUT2D eigenvalue weighted by molar-refractivity contribution is -0.133. The molecule has 5 nitrogen and oxygen atoms in total. The number of amides is 2. The van der Waals surface area contributed by atoms with Crippen LogP contribution in [0.2, 0.25) is 0 Å². The van der Waals surface area contributed by atoms with Gasteiger partial charge in [0, 0.05) is 27.1 Å². The lowest BCUT2D eigenvalue weighted by Gasteiger charge is -2.27. The Balaban J connectivity index is 0.00000256. The second-order valence-corrected chi connectivity index (χ2v) is 4.19. The first-order valence-corrected chi connectivity index (χ1v) is 5.84. The number of nitrogens with one attached hydrogen (secondary N) is 2. The van der Waals surface area contributed by atoms with Crippen LogP contribution in [-0.4, -0.2) is 49.9 Å². The number of halogens is 1. The molecule has 2 amide bonds. The number of carbonyl (C=O) groups is 2. The van der Waals surface area contributed by atoms with Crippen LogP contribution in [-0.2, 0) is 9.59 Å². The molecule has 1 aliphatic rings. The summed E-state index contributed by atoms with van der Waals surface area (Å²) in [5.41, 5.74) is 0.